The largest absolute Gasteiger partial charge is 0.472 e. The van der Waals surface area contributed by atoms with Gasteiger partial charge in [0.05, 0.1) is 6.61 Å². The van der Waals surface area contributed by atoms with Gasteiger partial charge < -0.3 is 39.9 Å². The molecular formula is C49H83O13P. The minimum Gasteiger partial charge on any atom is -0.458 e. The number of ether oxygens (including phenoxy) is 2. The molecule has 1 saturated carbocycles. The van der Waals surface area contributed by atoms with Crippen LogP contribution in [0.1, 0.15) is 168 Å². The second-order valence-corrected chi connectivity index (χ2v) is 17.7. The summed E-state index contributed by atoms with van der Waals surface area (Å²) in [6.07, 6.45) is 35.8. The fourth-order valence-electron chi connectivity index (χ4n) is 6.77. The van der Waals surface area contributed by atoms with Crippen molar-refractivity contribution in [2.45, 2.75) is 211 Å². The Kier molecular flexibility index (Phi) is 35.7. The van der Waals surface area contributed by atoms with Gasteiger partial charge in [-0.05, 0) is 64.2 Å². The van der Waals surface area contributed by atoms with Crippen molar-refractivity contribution >= 4 is 19.8 Å². The standard InChI is InChI=1S/C49H83O13P/c1-3-5-7-9-11-13-15-17-19-20-21-22-24-26-28-30-32-34-36-38-43(51)61-41(40-60-63(57,58)62-49-47(55)45(53)44(52)46(54)48(49)56)39-59-42(50)37-35-33-31-29-27-25-23-18-16-14-12-10-8-6-4-2/h11,13,17,19,21-22,26,28,31,33,35,37,41,44-49,52-56H,3-10,12,14-16,18,20,23-25,27,29-30,32,34,36,38-40H2,1-2H3,(H,57,58)/b13-11+,19-17+,22-21+,28-26+,33-31+,37-35+/t41-,44?,45-,46?,47?,48?,49?/m1/s1. The van der Waals surface area contributed by atoms with Crippen LogP contribution < -0.4 is 0 Å². The highest BCUT2D eigenvalue weighted by atomic mass is 31.2. The lowest BCUT2D eigenvalue weighted by Crippen LogP contribution is -2.64. The van der Waals surface area contributed by atoms with Crippen LogP contribution in [0.5, 0.6) is 0 Å². The molecule has 63 heavy (non-hydrogen) atoms. The van der Waals surface area contributed by atoms with E-state index in [4.69, 9.17) is 18.5 Å². The lowest BCUT2D eigenvalue weighted by molar-refractivity contribution is -0.220. The number of carbonyl (C=O) groups is 2. The normalized spacial score (nSPS) is 22.3. The SMILES string of the molecule is CCCCC/C=C/C/C=C/C/C=C/C/C=C/CCCCCC(=O)O[C@H](COC(=O)/C=C/C=C/CCCCCCCCCCCCC)COP(=O)(O)OC1C(O)C(O)C(O)[C@@H](O)C1O. The van der Waals surface area contributed by atoms with Crippen molar-refractivity contribution in [2.24, 2.45) is 0 Å². The Morgan fingerprint density at radius 1 is 0.540 bits per heavy atom. The van der Waals surface area contributed by atoms with Crippen LogP contribution in [-0.2, 0) is 32.7 Å². The first-order valence-corrected chi connectivity index (χ1v) is 25.3. The average molecular weight is 911 g/mol. The van der Waals surface area contributed by atoms with E-state index in [-0.39, 0.29) is 6.42 Å². The van der Waals surface area contributed by atoms with Crippen molar-refractivity contribution in [1.29, 1.82) is 0 Å². The van der Waals surface area contributed by atoms with Gasteiger partial charge in [0, 0.05) is 12.5 Å². The van der Waals surface area contributed by atoms with Crippen LogP contribution in [0.4, 0.5) is 0 Å². The molecule has 0 aromatic heterocycles. The Morgan fingerprint density at radius 2 is 0.968 bits per heavy atom. The number of rotatable bonds is 38. The molecule has 1 aliphatic carbocycles. The molecule has 6 N–H and O–H groups in total. The van der Waals surface area contributed by atoms with E-state index in [0.29, 0.717) is 6.42 Å². The monoisotopic (exact) mass is 911 g/mol. The number of aliphatic hydroxyl groups is 5. The highest BCUT2D eigenvalue weighted by molar-refractivity contribution is 7.47. The molecule has 362 valence electrons. The lowest BCUT2D eigenvalue weighted by Gasteiger charge is -2.41. The van der Waals surface area contributed by atoms with E-state index >= 15 is 0 Å². The van der Waals surface area contributed by atoms with Crippen LogP contribution in [-0.4, -0.2) is 98.3 Å². The maximum atomic E-state index is 12.8. The predicted octanol–water partition coefficient (Wildman–Crippen LogP) is 9.50. The highest BCUT2D eigenvalue weighted by Gasteiger charge is 2.51. The van der Waals surface area contributed by atoms with E-state index in [1.165, 1.54) is 89.2 Å². The van der Waals surface area contributed by atoms with Crippen LogP contribution in [0.2, 0.25) is 0 Å². The fraction of sp³-hybridized carbons (Fsp3) is 0.714. The van der Waals surface area contributed by atoms with Gasteiger partial charge in [-0.2, -0.15) is 0 Å². The summed E-state index contributed by atoms with van der Waals surface area (Å²) < 4.78 is 33.3. The third-order valence-corrected chi connectivity index (χ3v) is 11.6. The van der Waals surface area contributed by atoms with Gasteiger partial charge in [-0.1, -0.05) is 164 Å². The van der Waals surface area contributed by atoms with Crippen LogP contribution >= 0.6 is 7.82 Å². The molecule has 0 saturated heterocycles. The Bertz CT molecular complexity index is 1380. The van der Waals surface area contributed by atoms with Gasteiger partial charge in [0.2, 0.25) is 0 Å². The molecule has 0 aromatic rings. The second-order valence-electron chi connectivity index (χ2n) is 16.3. The first kappa shape index (κ1) is 58.3. The zero-order valence-corrected chi connectivity index (χ0v) is 39.2. The van der Waals surface area contributed by atoms with Crippen LogP contribution in [0.25, 0.3) is 0 Å². The highest BCUT2D eigenvalue weighted by Crippen LogP contribution is 2.47. The molecule has 0 bridgehead atoms. The van der Waals surface area contributed by atoms with Gasteiger partial charge in [0.15, 0.2) is 6.10 Å². The molecule has 1 rings (SSSR count). The van der Waals surface area contributed by atoms with Gasteiger partial charge in [0.25, 0.3) is 0 Å². The summed E-state index contributed by atoms with van der Waals surface area (Å²) >= 11 is 0. The van der Waals surface area contributed by atoms with Gasteiger partial charge in [-0.25, -0.2) is 9.36 Å². The Balaban J connectivity index is 2.53. The van der Waals surface area contributed by atoms with E-state index in [9.17, 15) is 44.6 Å². The van der Waals surface area contributed by atoms with Gasteiger partial charge in [-0.3, -0.25) is 13.8 Å². The number of aliphatic hydroxyl groups excluding tert-OH is 5. The van der Waals surface area contributed by atoms with Gasteiger partial charge in [0.1, 0.15) is 43.2 Å². The topological polar surface area (TPSA) is 210 Å². The number of phosphoric acid groups is 1. The minimum absolute atomic E-state index is 0.0364. The molecule has 13 nitrogen and oxygen atoms in total. The molecule has 0 aromatic carbocycles. The number of unbranched alkanes of at least 4 members (excludes halogenated alkanes) is 17. The fourth-order valence-corrected chi connectivity index (χ4v) is 7.74. The molecule has 6 unspecified atom stereocenters. The molecular weight excluding hydrogens is 828 g/mol. The Labute approximate surface area is 378 Å². The second kappa shape index (κ2) is 38.5. The molecule has 8 atom stereocenters. The van der Waals surface area contributed by atoms with Crippen molar-refractivity contribution in [1.82, 2.24) is 0 Å². The third-order valence-electron chi connectivity index (χ3n) is 10.6. The summed E-state index contributed by atoms with van der Waals surface area (Å²) in [6.45, 7) is 3.13. The maximum absolute atomic E-state index is 12.8. The number of phosphoric ester groups is 1. The molecule has 14 heteroatoms. The molecule has 0 aliphatic heterocycles. The van der Waals surface area contributed by atoms with Crippen molar-refractivity contribution < 1.29 is 63.1 Å². The zero-order chi connectivity index (χ0) is 46.4. The first-order valence-electron chi connectivity index (χ1n) is 23.8. The average Bonchev–Trinajstić information content (AvgIpc) is 3.26. The molecule has 1 aliphatic rings. The van der Waals surface area contributed by atoms with Crippen molar-refractivity contribution in [3.8, 4) is 0 Å². The summed E-state index contributed by atoms with van der Waals surface area (Å²) in [5.74, 6) is -1.39. The summed E-state index contributed by atoms with van der Waals surface area (Å²) in [4.78, 5) is 35.6. The summed E-state index contributed by atoms with van der Waals surface area (Å²) in [5, 5.41) is 50.1. The Morgan fingerprint density at radius 3 is 1.51 bits per heavy atom. The molecule has 1 fully saturated rings. The van der Waals surface area contributed by atoms with Gasteiger partial charge in [-0.15, -0.1) is 0 Å². The summed E-state index contributed by atoms with van der Waals surface area (Å²) in [7, 11) is -5.15. The predicted molar refractivity (Wildman–Crippen MR) is 249 cm³/mol. The number of carbonyl (C=O) groups excluding carboxylic acids is 2. The molecule has 0 amide bonds. The van der Waals surface area contributed by atoms with E-state index in [2.05, 4.69) is 62.5 Å². The number of hydrogen-bond donors (Lipinski definition) is 6. The third kappa shape index (κ3) is 31.0. The van der Waals surface area contributed by atoms with Crippen molar-refractivity contribution in [3.63, 3.8) is 0 Å². The maximum Gasteiger partial charge on any atom is 0.472 e. The lowest BCUT2D eigenvalue weighted by atomic mass is 9.85. The van der Waals surface area contributed by atoms with E-state index < -0.39 is 75.7 Å². The molecule has 0 heterocycles. The molecule has 0 radical (unpaired) electrons. The quantitative estimate of drug-likeness (QED) is 0.00853. The van der Waals surface area contributed by atoms with Crippen molar-refractivity contribution in [2.75, 3.05) is 13.2 Å². The van der Waals surface area contributed by atoms with E-state index in [1.807, 2.05) is 6.08 Å². The zero-order valence-electron chi connectivity index (χ0n) is 38.3. The number of esters is 2. The van der Waals surface area contributed by atoms with Gasteiger partial charge >= 0.3 is 19.8 Å². The smallest absolute Gasteiger partial charge is 0.458 e. The van der Waals surface area contributed by atoms with Crippen LogP contribution in [0.15, 0.2) is 72.9 Å². The number of allylic oxidation sites excluding steroid dienone is 11. The van der Waals surface area contributed by atoms with Crippen molar-refractivity contribution in [3.05, 3.63) is 72.9 Å². The summed E-state index contributed by atoms with van der Waals surface area (Å²) in [6, 6.07) is 0. The number of hydrogen-bond acceptors (Lipinski definition) is 12. The summed E-state index contributed by atoms with van der Waals surface area (Å²) in [5.41, 5.74) is 0. The Hall–Kier alpha value is -2.71. The van der Waals surface area contributed by atoms with Crippen LogP contribution in [0.3, 0.4) is 0 Å². The van der Waals surface area contributed by atoms with E-state index in [1.54, 1.807) is 6.08 Å². The van der Waals surface area contributed by atoms with E-state index in [0.717, 1.165) is 64.2 Å². The molecule has 0 spiro atoms. The minimum atomic E-state index is -5.15. The first-order chi connectivity index (χ1) is 30.4. The van der Waals surface area contributed by atoms with Crippen LogP contribution in [0, 0.1) is 0 Å².